The first-order valence-electron chi connectivity index (χ1n) is 11.7. The Kier molecular flexibility index (Phi) is 6.84. The molecule has 3 heterocycles. The molecule has 2 aromatic rings. The van der Waals surface area contributed by atoms with Gasteiger partial charge in [-0.3, -0.25) is 9.36 Å². The minimum Gasteiger partial charge on any atom is -0.486 e. The Hall–Kier alpha value is -3.40. The lowest BCUT2D eigenvalue weighted by Crippen LogP contribution is -2.48. The van der Waals surface area contributed by atoms with Gasteiger partial charge in [-0.15, -0.1) is 0 Å². The van der Waals surface area contributed by atoms with Crippen molar-refractivity contribution in [3.05, 3.63) is 46.0 Å². The molecular weight excluding hydrogens is 457 g/mol. The average molecular weight is 488 g/mol. The maximum absolute atomic E-state index is 14.8. The molecule has 10 heteroatoms. The van der Waals surface area contributed by atoms with Crippen molar-refractivity contribution in [2.75, 3.05) is 26.2 Å². The van der Waals surface area contributed by atoms with Gasteiger partial charge in [0.05, 0.1) is 11.6 Å². The molecule has 0 unspecified atom stereocenters. The lowest BCUT2D eigenvalue weighted by molar-refractivity contribution is -0.131. The number of halogens is 1. The molecule has 0 bridgehead atoms. The Balaban J connectivity index is 1.51. The SMILES string of the molecule is CC(C)(C)OC(=O)NC1CCN(C[C@@H]2COc3c(F)cc(/C=C/C(=O)O)c4ccc(=O)n2c34)CC1. The number of nitrogens with zero attached hydrogens (tertiary/aromatic N) is 2. The summed E-state index contributed by atoms with van der Waals surface area (Å²) in [7, 11) is 0. The minimum absolute atomic E-state index is 0.00157. The van der Waals surface area contributed by atoms with Crippen LogP contribution in [0.5, 0.6) is 5.75 Å². The van der Waals surface area contributed by atoms with Crippen molar-refractivity contribution >= 4 is 29.0 Å². The number of carboxylic acid groups (broad SMARTS) is 1. The van der Waals surface area contributed by atoms with Crippen molar-refractivity contribution in [1.82, 2.24) is 14.8 Å². The second-order valence-corrected chi connectivity index (χ2v) is 9.94. The smallest absolute Gasteiger partial charge is 0.407 e. The fraction of sp³-hybridized carbons (Fsp3) is 0.480. The van der Waals surface area contributed by atoms with Crippen LogP contribution in [0.3, 0.4) is 0 Å². The molecule has 0 saturated carbocycles. The number of likely N-dealkylation sites (tertiary alicyclic amines) is 1. The molecule has 2 aliphatic rings. The number of hydrogen-bond donors (Lipinski definition) is 2. The van der Waals surface area contributed by atoms with Crippen LogP contribution in [0.2, 0.25) is 0 Å². The fourth-order valence-electron chi connectivity index (χ4n) is 4.63. The second kappa shape index (κ2) is 9.69. The zero-order valence-electron chi connectivity index (χ0n) is 20.0. The van der Waals surface area contributed by atoms with Crippen LogP contribution in [0.15, 0.2) is 29.1 Å². The fourth-order valence-corrected chi connectivity index (χ4v) is 4.63. The molecule has 188 valence electrons. The van der Waals surface area contributed by atoms with Crippen LogP contribution >= 0.6 is 0 Å². The largest absolute Gasteiger partial charge is 0.486 e. The highest BCUT2D eigenvalue weighted by Gasteiger charge is 2.30. The molecule has 4 rings (SSSR count). The first-order valence-corrected chi connectivity index (χ1v) is 11.7. The monoisotopic (exact) mass is 487 g/mol. The molecule has 1 aromatic carbocycles. The number of carbonyl (C=O) groups excluding carboxylic acids is 1. The van der Waals surface area contributed by atoms with E-state index in [0.29, 0.717) is 36.1 Å². The van der Waals surface area contributed by atoms with Gasteiger partial charge in [-0.25, -0.2) is 14.0 Å². The van der Waals surface area contributed by atoms with Gasteiger partial charge in [0.1, 0.15) is 12.2 Å². The normalized spacial score (nSPS) is 19.0. The summed E-state index contributed by atoms with van der Waals surface area (Å²) >= 11 is 0. The maximum Gasteiger partial charge on any atom is 0.407 e. The summed E-state index contributed by atoms with van der Waals surface area (Å²) in [6.45, 7) is 7.55. The molecule has 0 radical (unpaired) electrons. The standard InChI is InChI=1S/C25H30FN3O6/c1-25(2,3)35-24(33)27-16-8-10-28(11-9-16)13-17-14-34-23-19(26)12-15(4-7-21(31)32)18-5-6-20(30)29(17)22(18)23/h4-7,12,16-17H,8-11,13-14H2,1-3H3,(H,27,33)(H,31,32)/b7-4+/t17-/m1/s1. The van der Waals surface area contributed by atoms with Gasteiger partial charge in [-0.05, 0) is 57.4 Å². The second-order valence-electron chi connectivity index (χ2n) is 9.94. The van der Waals surface area contributed by atoms with Crippen molar-refractivity contribution in [2.24, 2.45) is 0 Å². The van der Waals surface area contributed by atoms with Gasteiger partial charge in [-0.2, -0.15) is 0 Å². The molecule has 1 fully saturated rings. The maximum atomic E-state index is 14.8. The van der Waals surface area contributed by atoms with E-state index in [4.69, 9.17) is 14.6 Å². The third kappa shape index (κ3) is 5.64. The zero-order chi connectivity index (χ0) is 25.3. The van der Waals surface area contributed by atoms with Crippen LogP contribution in [0, 0.1) is 5.82 Å². The Morgan fingerprint density at radius 2 is 2.00 bits per heavy atom. The topological polar surface area (TPSA) is 110 Å². The Morgan fingerprint density at radius 3 is 2.66 bits per heavy atom. The average Bonchev–Trinajstić information content (AvgIpc) is 2.76. The van der Waals surface area contributed by atoms with Crippen LogP contribution in [-0.4, -0.2) is 64.5 Å². The number of nitrogens with one attached hydrogen (secondary N) is 1. The number of aromatic nitrogens is 1. The van der Waals surface area contributed by atoms with Crippen molar-refractivity contribution in [3.8, 4) is 5.75 Å². The number of alkyl carbamates (subject to hydrolysis) is 1. The molecular formula is C25H30FN3O6. The van der Waals surface area contributed by atoms with E-state index in [0.717, 1.165) is 18.9 Å². The summed E-state index contributed by atoms with van der Waals surface area (Å²) in [4.78, 5) is 38.1. The van der Waals surface area contributed by atoms with Gasteiger partial charge in [0.15, 0.2) is 11.6 Å². The molecule has 1 aromatic heterocycles. The number of pyridine rings is 1. The number of benzene rings is 1. The van der Waals surface area contributed by atoms with E-state index < -0.39 is 23.5 Å². The lowest BCUT2D eigenvalue weighted by atomic mass is 10.0. The number of amides is 1. The summed E-state index contributed by atoms with van der Waals surface area (Å²) in [6.07, 6.45) is 3.29. The third-order valence-corrected chi connectivity index (χ3v) is 6.12. The number of hydrogen-bond acceptors (Lipinski definition) is 6. The number of aliphatic carboxylic acids is 1. The van der Waals surface area contributed by atoms with Gasteiger partial charge in [0.2, 0.25) is 0 Å². The first kappa shape index (κ1) is 24.7. The predicted molar refractivity (Wildman–Crippen MR) is 128 cm³/mol. The van der Waals surface area contributed by atoms with Gasteiger partial charge in [0, 0.05) is 43.2 Å². The van der Waals surface area contributed by atoms with E-state index in [1.807, 2.05) is 20.8 Å². The molecule has 0 spiro atoms. The van der Waals surface area contributed by atoms with E-state index in [1.165, 1.54) is 18.2 Å². The van der Waals surface area contributed by atoms with E-state index in [2.05, 4.69) is 10.2 Å². The highest BCUT2D eigenvalue weighted by atomic mass is 19.1. The van der Waals surface area contributed by atoms with Crippen LogP contribution in [0.1, 0.15) is 45.2 Å². The number of piperidine rings is 1. The highest BCUT2D eigenvalue weighted by molar-refractivity contribution is 5.96. The molecule has 0 aliphatic carbocycles. The molecule has 2 aliphatic heterocycles. The first-order chi connectivity index (χ1) is 16.5. The van der Waals surface area contributed by atoms with Gasteiger partial charge in [0.25, 0.3) is 5.56 Å². The molecule has 1 saturated heterocycles. The summed E-state index contributed by atoms with van der Waals surface area (Å²) in [5.74, 6) is -1.79. The van der Waals surface area contributed by atoms with E-state index >= 15 is 0 Å². The summed E-state index contributed by atoms with van der Waals surface area (Å²) in [5.41, 5.74) is -0.137. The van der Waals surface area contributed by atoms with Crippen molar-refractivity contribution in [3.63, 3.8) is 0 Å². The predicted octanol–water partition coefficient (Wildman–Crippen LogP) is 3.16. The zero-order valence-corrected chi connectivity index (χ0v) is 20.0. The molecule has 1 amide bonds. The quantitative estimate of drug-likeness (QED) is 0.624. The molecule has 9 nitrogen and oxygen atoms in total. The van der Waals surface area contributed by atoms with Gasteiger partial charge < -0.3 is 24.8 Å². The van der Waals surface area contributed by atoms with Gasteiger partial charge in [-0.1, -0.05) is 0 Å². The van der Waals surface area contributed by atoms with Crippen LogP contribution in [-0.2, 0) is 9.53 Å². The minimum atomic E-state index is -1.15. The van der Waals surface area contributed by atoms with Crippen LogP contribution in [0.25, 0.3) is 17.0 Å². The highest BCUT2D eigenvalue weighted by Crippen LogP contribution is 2.36. The summed E-state index contributed by atoms with van der Waals surface area (Å²) in [5, 5.41) is 12.4. The van der Waals surface area contributed by atoms with Crippen LogP contribution in [0.4, 0.5) is 9.18 Å². The molecule has 35 heavy (non-hydrogen) atoms. The number of carbonyl (C=O) groups is 2. The Morgan fingerprint density at radius 1 is 1.29 bits per heavy atom. The summed E-state index contributed by atoms with van der Waals surface area (Å²) < 4.78 is 27.5. The lowest BCUT2D eigenvalue weighted by Gasteiger charge is -2.36. The van der Waals surface area contributed by atoms with Crippen molar-refractivity contribution in [2.45, 2.75) is 51.3 Å². The van der Waals surface area contributed by atoms with Crippen LogP contribution < -0.4 is 15.6 Å². The Bertz CT molecular complexity index is 1220. The van der Waals surface area contributed by atoms with E-state index in [1.54, 1.807) is 10.6 Å². The number of ether oxygens (including phenoxy) is 2. The molecule has 2 N–H and O–H groups in total. The summed E-state index contributed by atoms with van der Waals surface area (Å²) in [6, 6.07) is 3.87. The van der Waals surface area contributed by atoms with Crippen molar-refractivity contribution < 1.29 is 28.6 Å². The third-order valence-electron chi connectivity index (χ3n) is 6.12. The molecule has 1 atom stereocenters. The van der Waals surface area contributed by atoms with Gasteiger partial charge >= 0.3 is 12.1 Å². The van der Waals surface area contributed by atoms with E-state index in [-0.39, 0.29) is 30.0 Å². The van der Waals surface area contributed by atoms with E-state index in [9.17, 15) is 18.8 Å². The van der Waals surface area contributed by atoms with Crippen molar-refractivity contribution in [1.29, 1.82) is 0 Å². The number of carboxylic acids is 1. The Labute approximate surface area is 202 Å². The number of rotatable bonds is 5.